The molecular formula is C13H8ClF3N2O2. The molecule has 2 aromatic rings. The highest BCUT2D eigenvalue weighted by atomic mass is 35.5. The number of aromatic nitrogens is 1. The maximum atomic E-state index is 12.7. The summed E-state index contributed by atoms with van der Waals surface area (Å²) in [5.74, 6) is -1.42. The maximum absolute atomic E-state index is 12.7. The molecule has 1 heterocycles. The average molecular weight is 317 g/mol. The summed E-state index contributed by atoms with van der Waals surface area (Å²) >= 11 is 5.70. The van der Waals surface area contributed by atoms with Gasteiger partial charge in [0.1, 0.15) is 0 Å². The number of nitrogens with two attached hydrogens (primary N) is 1. The van der Waals surface area contributed by atoms with Crippen LogP contribution in [0.2, 0.25) is 5.02 Å². The van der Waals surface area contributed by atoms with E-state index in [4.69, 9.17) is 22.4 Å². The second-order valence-electron chi connectivity index (χ2n) is 4.14. The molecule has 8 heteroatoms. The topological polar surface area (TPSA) is 76.2 Å². The van der Waals surface area contributed by atoms with Crippen molar-refractivity contribution in [3.05, 3.63) is 46.6 Å². The number of alkyl halides is 3. The first kappa shape index (κ1) is 15.1. The van der Waals surface area contributed by atoms with Crippen LogP contribution >= 0.6 is 11.6 Å². The van der Waals surface area contributed by atoms with Gasteiger partial charge in [0.2, 0.25) is 0 Å². The van der Waals surface area contributed by atoms with Crippen molar-refractivity contribution in [3.63, 3.8) is 0 Å². The first-order valence-electron chi connectivity index (χ1n) is 5.57. The lowest BCUT2D eigenvalue weighted by molar-refractivity contribution is -0.137. The number of nitrogen functional groups attached to an aromatic ring is 1. The Morgan fingerprint density at radius 3 is 2.52 bits per heavy atom. The Balaban J connectivity index is 2.60. The fraction of sp³-hybridized carbons (Fsp3) is 0.0769. The Kier molecular flexibility index (Phi) is 3.78. The van der Waals surface area contributed by atoms with Crippen LogP contribution in [0.25, 0.3) is 11.3 Å². The van der Waals surface area contributed by atoms with E-state index < -0.39 is 23.4 Å². The molecule has 1 aromatic heterocycles. The van der Waals surface area contributed by atoms with Gasteiger partial charge in [0.05, 0.1) is 22.0 Å². The summed E-state index contributed by atoms with van der Waals surface area (Å²) in [6.07, 6.45) is -4.51. The van der Waals surface area contributed by atoms with E-state index in [1.54, 1.807) is 0 Å². The molecule has 0 radical (unpaired) electrons. The molecule has 0 unspecified atom stereocenters. The van der Waals surface area contributed by atoms with Crippen molar-refractivity contribution in [3.8, 4) is 11.3 Å². The fourth-order valence-corrected chi connectivity index (χ4v) is 1.87. The summed E-state index contributed by atoms with van der Waals surface area (Å²) in [6, 6.07) is 5.56. The van der Waals surface area contributed by atoms with Crippen LogP contribution in [0.1, 0.15) is 16.1 Å². The highest BCUT2D eigenvalue weighted by Gasteiger charge is 2.30. The molecule has 0 aliphatic heterocycles. The van der Waals surface area contributed by atoms with E-state index in [-0.39, 0.29) is 22.0 Å². The van der Waals surface area contributed by atoms with E-state index in [2.05, 4.69) is 4.98 Å². The number of anilines is 1. The Bertz CT molecular complexity index is 717. The zero-order valence-electron chi connectivity index (χ0n) is 10.3. The van der Waals surface area contributed by atoms with Gasteiger partial charge in [-0.1, -0.05) is 23.7 Å². The predicted molar refractivity (Wildman–Crippen MR) is 71.1 cm³/mol. The van der Waals surface area contributed by atoms with Crippen molar-refractivity contribution in [1.29, 1.82) is 0 Å². The van der Waals surface area contributed by atoms with Crippen LogP contribution in [0.3, 0.4) is 0 Å². The van der Waals surface area contributed by atoms with E-state index in [1.165, 1.54) is 18.2 Å². The summed E-state index contributed by atoms with van der Waals surface area (Å²) in [5, 5.41) is 8.71. The molecule has 1 aromatic carbocycles. The van der Waals surface area contributed by atoms with Crippen LogP contribution in [-0.2, 0) is 6.18 Å². The molecule has 0 aliphatic carbocycles. The average Bonchev–Trinajstić information content (AvgIpc) is 2.40. The molecule has 0 spiro atoms. The lowest BCUT2D eigenvalue weighted by atomic mass is 10.1. The van der Waals surface area contributed by atoms with Crippen molar-refractivity contribution in [2.45, 2.75) is 6.18 Å². The molecule has 0 atom stereocenters. The minimum atomic E-state index is -4.51. The monoisotopic (exact) mass is 316 g/mol. The summed E-state index contributed by atoms with van der Waals surface area (Å²) in [5.41, 5.74) is 4.21. The highest BCUT2D eigenvalue weighted by Crippen LogP contribution is 2.33. The Hall–Kier alpha value is -2.28. The third-order valence-electron chi connectivity index (χ3n) is 2.67. The van der Waals surface area contributed by atoms with Crippen LogP contribution in [0.4, 0.5) is 18.9 Å². The molecule has 0 aliphatic rings. The molecular weight excluding hydrogens is 309 g/mol. The van der Waals surface area contributed by atoms with Crippen molar-refractivity contribution in [2.24, 2.45) is 0 Å². The Morgan fingerprint density at radius 1 is 1.29 bits per heavy atom. The largest absolute Gasteiger partial charge is 0.476 e. The second kappa shape index (κ2) is 5.25. The van der Waals surface area contributed by atoms with E-state index in [1.807, 2.05) is 0 Å². The number of nitrogens with zero attached hydrogens (tertiary/aromatic N) is 1. The van der Waals surface area contributed by atoms with Crippen molar-refractivity contribution in [2.75, 3.05) is 5.73 Å². The number of halogens is 4. The van der Waals surface area contributed by atoms with Gasteiger partial charge in [-0.3, -0.25) is 0 Å². The molecule has 0 fully saturated rings. The third-order valence-corrected chi connectivity index (χ3v) is 3.07. The zero-order valence-corrected chi connectivity index (χ0v) is 11.0. The fourth-order valence-electron chi connectivity index (χ4n) is 1.69. The number of pyridine rings is 1. The number of carboxylic acid groups (broad SMARTS) is 1. The number of aromatic carboxylic acids is 1. The summed E-state index contributed by atoms with van der Waals surface area (Å²) in [7, 11) is 0. The lowest BCUT2D eigenvalue weighted by Crippen LogP contribution is -2.07. The van der Waals surface area contributed by atoms with Gasteiger partial charge in [0.25, 0.3) is 0 Å². The first-order valence-corrected chi connectivity index (χ1v) is 5.95. The predicted octanol–water partition coefficient (Wildman–Crippen LogP) is 3.70. The molecule has 3 N–H and O–H groups in total. The molecule has 4 nitrogen and oxygen atoms in total. The number of hydrogen-bond donors (Lipinski definition) is 2. The van der Waals surface area contributed by atoms with Crippen molar-refractivity contribution in [1.82, 2.24) is 4.98 Å². The number of hydrogen-bond acceptors (Lipinski definition) is 3. The van der Waals surface area contributed by atoms with Gasteiger partial charge in [0.15, 0.2) is 5.69 Å². The highest BCUT2D eigenvalue weighted by molar-refractivity contribution is 6.35. The minimum absolute atomic E-state index is 0.000370. The normalized spacial score (nSPS) is 11.4. The minimum Gasteiger partial charge on any atom is -0.476 e. The summed E-state index contributed by atoms with van der Waals surface area (Å²) < 4.78 is 38.0. The van der Waals surface area contributed by atoms with E-state index >= 15 is 0 Å². The van der Waals surface area contributed by atoms with Gasteiger partial charge in [0, 0.05) is 5.56 Å². The summed E-state index contributed by atoms with van der Waals surface area (Å²) in [4.78, 5) is 14.7. The van der Waals surface area contributed by atoms with Crippen LogP contribution in [0, 0.1) is 0 Å². The van der Waals surface area contributed by atoms with E-state index in [0.29, 0.717) is 0 Å². The standard InChI is InChI=1S/C13H8ClF3N2O2/c14-10-8(18)5-9(19-11(10)12(20)21)6-2-1-3-7(4-6)13(15,16)17/h1-5H,(H2,18,19)(H,20,21). The second-order valence-corrected chi connectivity index (χ2v) is 4.52. The molecule has 0 saturated carbocycles. The van der Waals surface area contributed by atoms with Gasteiger partial charge in [-0.05, 0) is 18.2 Å². The van der Waals surface area contributed by atoms with Crippen molar-refractivity contribution < 1.29 is 23.1 Å². The molecule has 0 saturated heterocycles. The van der Waals surface area contributed by atoms with Crippen molar-refractivity contribution >= 4 is 23.3 Å². The Labute approximate surface area is 122 Å². The summed E-state index contributed by atoms with van der Waals surface area (Å²) in [6.45, 7) is 0. The number of rotatable bonds is 2. The van der Waals surface area contributed by atoms with Gasteiger partial charge in [-0.25, -0.2) is 9.78 Å². The van der Waals surface area contributed by atoms with Crippen LogP contribution in [0.5, 0.6) is 0 Å². The van der Waals surface area contributed by atoms with Crippen LogP contribution in [-0.4, -0.2) is 16.1 Å². The number of carbonyl (C=O) groups is 1. The molecule has 21 heavy (non-hydrogen) atoms. The van der Waals surface area contributed by atoms with Gasteiger partial charge >= 0.3 is 12.1 Å². The number of carboxylic acids is 1. The van der Waals surface area contributed by atoms with Crippen LogP contribution in [0.15, 0.2) is 30.3 Å². The third kappa shape index (κ3) is 3.08. The molecule has 2 rings (SSSR count). The van der Waals surface area contributed by atoms with E-state index in [9.17, 15) is 18.0 Å². The number of benzene rings is 1. The van der Waals surface area contributed by atoms with E-state index in [0.717, 1.165) is 12.1 Å². The molecule has 0 amide bonds. The first-order chi connectivity index (χ1) is 9.70. The smallest absolute Gasteiger partial charge is 0.416 e. The zero-order chi connectivity index (χ0) is 15.8. The Morgan fingerprint density at radius 2 is 1.95 bits per heavy atom. The lowest BCUT2D eigenvalue weighted by Gasteiger charge is -2.10. The molecule has 0 bridgehead atoms. The maximum Gasteiger partial charge on any atom is 0.416 e. The quantitative estimate of drug-likeness (QED) is 0.885. The van der Waals surface area contributed by atoms with Gasteiger partial charge < -0.3 is 10.8 Å². The SMILES string of the molecule is Nc1cc(-c2cccc(C(F)(F)F)c2)nc(C(=O)O)c1Cl. The molecule has 110 valence electrons. The van der Waals surface area contributed by atoms with Gasteiger partial charge in [-0.15, -0.1) is 0 Å². The van der Waals surface area contributed by atoms with Gasteiger partial charge in [-0.2, -0.15) is 13.2 Å². The van der Waals surface area contributed by atoms with Crippen LogP contribution < -0.4 is 5.73 Å².